The predicted molar refractivity (Wildman–Crippen MR) is 213 cm³/mol. The fourth-order valence-corrected chi connectivity index (χ4v) is 8.35. The summed E-state index contributed by atoms with van der Waals surface area (Å²) in [6, 6.07) is 65.5. The van der Waals surface area contributed by atoms with Crippen LogP contribution < -0.4 is 0 Å². The summed E-state index contributed by atoms with van der Waals surface area (Å²) in [4.78, 5) is 0. The summed E-state index contributed by atoms with van der Waals surface area (Å²) in [5.41, 5.74) is 13.3. The van der Waals surface area contributed by atoms with Crippen LogP contribution >= 0.6 is 0 Å². The van der Waals surface area contributed by atoms with Gasteiger partial charge in [-0.2, -0.15) is 0 Å². The van der Waals surface area contributed by atoms with Gasteiger partial charge >= 0.3 is 0 Å². The van der Waals surface area contributed by atoms with Gasteiger partial charge in [-0.1, -0.05) is 140 Å². The van der Waals surface area contributed by atoms with E-state index < -0.39 is 0 Å². The summed E-state index contributed by atoms with van der Waals surface area (Å²) in [5.74, 6) is 0. The van der Waals surface area contributed by atoms with Gasteiger partial charge in [0.1, 0.15) is 11.2 Å². The Labute approximate surface area is 293 Å². The Kier molecular flexibility index (Phi) is 5.96. The largest absolute Gasteiger partial charge is 0.455 e. The first-order valence-corrected chi connectivity index (χ1v) is 17.4. The van der Waals surface area contributed by atoms with Crippen molar-refractivity contribution in [3.05, 3.63) is 182 Å². The zero-order valence-corrected chi connectivity index (χ0v) is 27.6. The molecule has 51 heavy (non-hydrogen) atoms. The van der Waals surface area contributed by atoms with Gasteiger partial charge < -0.3 is 13.6 Å². The highest BCUT2D eigenvalue weighted by Gasteiger charge is 2.23. The fourth-order valence-electron chi connectivity index (χ4n) is 8.35. The van der Waals surface area contributed by atoms with Gasteiger partial charge in [0, 0.05) is 54.7 Å². The van der Waals surface area contributed by atoms with E-state index in [9.17, 15) is 0 Å². The summed E-state index contributed by atoms with van der Waals surface area (Å²) in [5, 5.41) is 7.20. The molecule has 11 rings (SSSR count). The molecular weight excluding hydrogens is 621 g/mol. The van der Waals surface area contributed by atoms with E-state index in [1.54, 1.807) is 0 Å². The first-order valence-electron chi connectivity index (χ1n) is 17.4. The zero-order valence-electron chi connectivity index (χ0n) is 27.6. The molecule has 0 saturated carbocycles. The smallest absolute Gasteiger partial charge is 0.143 e. The maximum Gasteiger partial charge on any atom is 0.143 e. The Morgan fingerprint density at radius 1 is 0.333 bits per heavy atom. The summed E-state index contributed by atoms with van der Waals surface area (Å²) < 4.78 is 11.5. The average Bonchev–Trinajstić information content (AvgIpc) is 3.85. The van der Waals surface area contributed by atoms with E-state index in [1.807, 2.05) is 6.07 Å². The van der Waals surface area contributed by atoms with Crippen LogP contribution in [0.2, 0.25) is 0 Å². The van der Waals surface area contributed by atoms with Crippen molar-refractivity contribution in [1.29, 1.82) is 0 Å². The Morgan fingerprint density at radius 2 is 0.863 bits per heavy atom. The van der Waals surface area contributed by atoms with E-state index in [4.69, 9.17) is 4.42 Å². The molecule has 0 aliphatic heterocycles. The lowest BCUT2D eigenvalue weighted by atomic mass is 9.94. The molecule has 8 aromatic carbocycles. The van der Waals surface area contributed by atoms with Crippen LogP contribution in [0.5, 0.6) is 0 Å². The van der Waals surface area contributed by atoms with E-state index in [1.165, 1.54) is 38.1 Å². The van der Waals surface area contributed by atoms with Gasteiger partial charge in [-0.25, -0.2) is 0 Å². The molecule has 0 bridgehead atoms. The van der Waals surface area contributed by atoms with Crippen molar-refractivity contribution in [3.8, 4) is 33.6 Å². The second-order valence-corrected chi connectivity index (χ2v) is 13.3. The number of nitrogens with zero attached hydrogens (tertiary/aromatic N) is 2. The van der Waals surface area contributed by atoms with Crippen LogP contribution in [0, 0.1) is 0 Å². The molecule has 3 heterocycles. The van der Waals surface area contributed by atoms with Crippen molar-refractivity contribution < 1.29 is 4.42 Å². The topological polar surface area (TPSA) is 23.0 Å². The Balaban J connectivity index is 1.25. The van der Waals surface area contributed by atoms with Crippen LogP contribution in [0.4, 0.5) is 0 Å². The summed E-state index contributed by atoms with van der Waals surface area (Å²) in [7, 11) is 0. The predicted octanol–water partition coefficient (Wildman–Crippen LogP) is 13.1. The molecule has 0 amide bonds. The van der Waals surface area contributed by atoms with Gasteiger partial charge in [0.25, 0.3) is 0 Å². The van der Waals surface area contributed by atoms with Gasteiger partial charge in [0.15, 0.2) is 0 Å². The quantitative estimate of drug-likeness (QED) is 0.186. The maximum atomic E-state index is 6.65. The third-order valence-corrected chi connectivity index (χ3v) is 10.5. The Morgan fingerprint density at radius 3 is 1.61 bits per heavy atom. The molecule has 3 aromatic heterocycles. The third kappa shape index (κ3) is 4.06. The number of rotatable bonds is 4. The monoisotopic (exact) mass is 650 g/mol. The van der Waals surface area contributed by atoms with Gasteiger partial charge in [-0.05, 0) is 48.0 Å². The number of hydrogen-bond donors (Lipinski definition) is 0. The number of para-hydroxylation sites is 6. The second-order valence-electron chi connectivity index (χ2n) is 13.3. The van der Waals surface area contributed by atoms with E-state index >= 15 is 0 Å². The van der Waals surface area contributed by atoms with Crippen LogP contribution in [0.15, 0.2) is 186 Å². The van der Waals surface area contributed by atoms with Crippen molar-refractivity contribution >= 4 is 65.6 Å². The van der Waals surface area contributed by atoms with Crippen molar-refractivity contribution in [2.24, 2.45) is 0 Å². The minimum atomic E-state index is 0.898. The molecule has 0 fully saturated rings. The minimum Gasteiger partial charge on any atom is -0.455 e. The standard InChI is InChI=1S/C48H30N2O/c1-2-14-31(15-3-1)33-20-12-21-38(40-23-13-22-39-37-19-7-11-27-46(37)51-48(39)40)47(33)50-44-26-10-6-18-36(44)41-30-32(28-29-45(41)50)49-42-24-8-4-16-34(42)35-17-5-9-25-43(35)49/h1-30H. The zero-order chi connectivity index (χ0) is 33.5. The lowest BCUT2D eigenvalue weighted by Gasteiger charge is -2.19. The number of benzene rings is 8. The third-order valence-electron chi connectivity index (χ3n) is 10.5. The van der Waals surface area contributed by atoms with Crippen LogP contribution in [0.25, 0.3) is 99.2 Å². The van der Waals surface area contributed by atoms with Crippen LogP contribution in [0.3, 0.4) is 0 Å². The molecule has 0 spiro atoms. The highest BCUT2D eigenvalue weighted by Crippen LogP contribution is 2.45. The van der Waals surface area contributed by atoms with Gasteiger partial charge in [-0.15, -0.1) is 0 Å². The summed E-state index contributed by atoms with van der Waals surface area (Å²) >= 11 is 0. The molecule has 3 heteroatoms. The SMILES string of the molecule is c1ccc(-c2cccc(-c3cccc4c3oc3ccccc34)c2-n2c3ccccc3c3cc(-n4c5ccccc5c5ccccc54)ccc32)cc1. The molecule has 0 aliphatic rings. The van der Waals surface area contributed by atoms with Gasteiger partial charge in [0.05, 0.1) is 27.8 Å². The molecule has 238 valence electrons. The van der Waals surface area contributed by atoms with Crippen molar-refractivity contribution in [3.63, 3.8) is 0 Å². The molecule has 11 aromatic rings. The van der Waals surface area contributed by atoms with Crippen LogP contribution in [-0.4, -0.2) is 9.13 Å². The summed E-state index contributed by atoms with van der Waals surface area (Å²) in [6.45, 7) is 0. The number of aromatic nitrogens is 2. The molecule has 0 unspecified atom stereocenters. The molecule has 0 aliphatic carbocycles. The normalized spacial score (nSPS) is 11.9. The maximum absolute atomic E-state index is 6.65. The highest BCUT2D eigenvalue weighted by molar-refractivity contribution is 6.14. The van der Waals surface area contributed by atoms with Crippen molar-refractivity contribution in [1.82, 2.24) is 9.13 Å². The van der Waals surface area contributed by atoms with E-state index in [0.717, 1.165) is 61.0 Å². The second kappa shape index (κ2) is 10.8. The Hall–Kier alpha value is -6.84. The van der Waals surface area contributed by atoms with Gasteiger partial charge in [-0.3, -0.25) is 0 Å². The van der Waals surface area contributed by atoms with E-state index in [-0.39, 0.29) is 0 Å². The average molecular weight is 651 g/mol. The molecule has 0 radical (unpaired) electrons. The number of fused-ring (bicyclic) bond motifs is 9. The fraction of sp³-hybridized carbons (Fsp3) is 0. The molecule has 0 atom stereocenters. The van der Waals surface area contributed by atoms with E-state index in [0.29, 0.717) is 0 Å². The number of hydrogen-bond acceptors (Lipinski definition) is 1. The molecule has 3 nitrogen and oxygen atoms in total. The van der Waals surface area contributed by atoms with Crippen LogP contribution in [-0.2, 0) is 0 Å². The first kappa shape index (κ1) is 28.0. The molecular formula is C48H30N2O. The minimum absolute atomic E-state index is 0.898. The Bertz CT molecular complexity index is 3090. The number of furan rings is 1. The highest BCUT2D eigenvalue weighted by atomic mass is 16.3. The van der Waals surface area contributed by atoms with Crippen molar-refractivity contribution in [2.45, 2.75) is 0 Å². The van der Waals surface area contributed by atoms with Gasteiger partial charge in [0.2, 0.25) is 0 Å². The van der Waals surface area contributed by atoms with Crippen molar-refractivity contribution in [2.75, 3.05) is 0 Å². The van der Waals surface area contributed by atoms with E-state index in [2.05, 4.69) is 185 Å². The molecule has 0 N–H and O–H groups in total. The lowest BCUT2D eigenvalue weighted by Crippen LogP contribution is -2.01. The molecule has 0 saturated heterocycles. The first-order chi connectivity index (χ1) is 25.3. The van der Waals surface area contributed by atoms with Crippen LogP contribution in [0.1, 0.15) is 0 Å². The summed E-state index contributed by atoms with van der Waals surface area (Å²) in [6.07, 6.45) is 0. The lowest BCUT2D eigenvalue weighted by molar-refractivity contribution is 0.670.